The molecule has 4 nitrogen and oxygen atoms in total. The van der Waals surface area contributed by atoms with Gasteiger partial charge in [-0.25, -0.2) is 9.37 Å². The number of hydrogen-bond donors (Lipinski definition) is 2. The highest BCUT2D eigenvalue weighted by Gasteiger charge is 2.05. The lowest BCUT2D eigenvalue weighted by Gasteiger charge is -2.08. The monoisotopic (exact) mass is 233 g/mol. The van der Waals surface area contributed by atoms with Crippen LogP contribution in [0.3, 0.4) is 0 Å². The van der Waals surface area contributed by atoms with E-state index in [-0.39, 0.29) is 5.75 Å². The van der Waals surface area contributed by atoms with Crippen molar-refractivity contribution in [2.24, 2.45) is 0 Å². The number of benzene rings is 1. The number of nitrogens with zero attached hydrogens (tertiary/aromatic N) is 1. The average molecular weight is 233 g/mol. The van der Waals surface area contributed by atoms with Crippen LogP contribution in [0, 0.1) is 5.82 Å². The largest absolute Gasteiger partial charge is 0.454 e. The van der Waals surface area contributed by atoms with Crippen molar-refractivity contribution in [2.75, 3.05) is 18.1 Å². The van der Waals surface area contributed by atoms with Crippen molar-refractivity contribution in [3.63, 3.8) is 0 Å². The van der Waals surface area contributed by atoms with Gasteiger partial charge in [0.2, 0.25) is 0 Å². The number of nitrogen functional groups attached to an aromatic ring is 1. The fourth-order valence-corrected chi connectivity index (χ4v) is 1.34. The first-order chi connectivity index (χ1) is 8.19. The highest BCUT2D eigenvalue weighted by molar-refractivity contribution is 5.46. The van der Waals surface area contributed by atoms with Gasteiger partial charge in [0.25, 0.3) is 0 Å². The first-order valence-electron chi connectivity index (χ1n) is 5.06. The summed E-state index contributed by atoms with van der Waals surface area (Å²) in [5.74, 6) is 0.798. The summed E-state index contributed by atoms with van der Waals surface area (Å²) in [6, 6.07) is 7.62. The fourth-order valence-electron chi connectivity index (χ4n) is 1.34. The molecule has 0 saturated carbocycles. The number of rotatable bonds is 3. The second kappa shape index (κ2) is 4.69. The summed E-state index contributed by atoms with van der Waals surface area (Å²) in [7, 11) is 1.75. The van der Waals surface area contributed by atoms with E-state index in [0.29, 0.717) is 17.3 Å². The smallest absolute Gasteiger partial charge is 0.167 e. The van der Waals surface area contributed by atoms with Crippen LogP contribution in [0.4, 0.5) is 15.9 Å². The molecule has 17 heavy (non-hydrogen) atoms. The van der Waals surface area contributed by atoms with E-state index < -0.39 is 5.82 Å². The molecule has 0 saturated heterocycles. The van der Waals surface area contributed by atoms with Crippen LogP contribution in [0.5, 0.6) is 11.5 Å². The van der Waals surface area contributed by atoms with Gasteiger partial charge in [0, 0.05) is 31.1 Å². The van der Waals surface area contributed by atoms with Crippen LogP contribution in [0.15, 0.2) is 36.5 Å². The maximum Gasteiger partial charge on any atom is 0.167 e. The Bertz CT molecular complexity index is 531. The molecule has 3 N–H and O–H groups in total. The van der Waals surface area contributed by atoms with E-state index in [0.717, 1.165) is 0 Å². The fraction of sp³-hybridized carbons (Fsp3) is 0.0833. The summed E-state index contributed by atoms with van der Waals surface area (Å²) in [6.07, 6.45) is 1.58. The number of ether oxygens (including phenoxy) is 1. The SMILES string of the molecule is CNc1cc(Oc2ccc(N)cc2F)ccn1. The molecule has 0 aliphatic heterocycles. The zero-order chi connectivity index (χ0) is 12.3. The Hall–Kier alpha value is -2.30. The van der Waals surface area contributed by atoms with Gasteiger partial charge in [0.1, 0.15) is 11.6 Å². The lowest BCUT2D eigenvalue weighted by Crippen LogP contribution is -1.94. The molecule has 0 unspecified atom stereocenters. The van der Waals surface area contributed by atoms with Crippen molar-refractivity contribution in [3.8, 4) is 11.5 Å². The standard InChI is InChI=1S/C12H12FN3O/c1-15-12-7-9(4-5-16-12)17-11-3-2-8(14)6-10(11)13/h2-7H,14H2,1H3,(H,15,16). The lowest BCUT2D eigenvalue weighted by atomic mass is 10.3. The first kappa shape index (κ1) is 11.2. The van der Waals surface area contributed by atoms with Gasteiger partial charge < -0.3 is 15.8 Å². The van der Waals surface area contributed by atoms with Gasteiger partial charge in [-0.3, -0.25) is 0 Å². The zero-order valence-corrected chi connectivity index (χ0v) is 9.27. The highest BCUT2D eigenvalue weighted by atomic mass is 19.1. The molecule has 0 amide bonds. The number of nitrogens with two attached hydrogens (primary N) is 1. The molecule has 1 heterocycles. The Kier molecular flexibility index (Phi) is 3.09. The minimum Gasteiger partial charge on any atom is -0.454 e. The van der Waals surface area contributed by atoms with Crippen molar-refractivity contribution < 1.29 is 9.13 Å². The normalized spacial score (nSPS) is 10.0. The first-order valence-corrected chi connectivity index (χ1v) is 5.06. The second-order valence-corrected chi connectivity index (χ2v) is 3.42. The molecule has 5 heteroatoms. The third kappa shape index (κ3) is 2.63. The summed E-state index contributed by atoms with van der Waals surface area (Å²) in [4.78, 5) is 4.03. The van der Waals surface area contributed by atoms with Gasteiger partial charge in [-0.05, 0) is 18.2 Å². The molecule has 0 radical (unpaired) electrons. The number of nitrogens with one attached hydrogen (secondary N) is 1. The summed E-state index contributed by atoms with van der Waals surface area (Å²) >= 11 is 0. The Balaban J connectivity index is 2.25. The van der Waals surface area contributed by atoms with Crippen molar-refractivity contribution in [2.45, 2.75) is 0 Å². The van der Waals surface area contributed by atoms with Crippen LogP contribution in [0.1, 0.15) is 0 Å². The van der Waals surface area contributed by atoms with Gasteiger partial charge in [0.15, 0.2) is 11.6 Å². The van der Waals surface area contributed by atoms with Gasteiger partial charge in [-0.15, -0.1) is 0 Å². The molecule has 0 aliphatic carbocycles. The molecular formula is C12H12FN3O. The average Bonchev–Trinajstić information content (AvgIpc) is 2.33. The van der Waals surface area contributed by atoms with E-state index in [1.54, 1.807) is 31.4 Å². The van der Waals surface area contributed by atoms with Gasteiger partial charge >= 0.3 is 0 Å². The number of aromatic nitrogens is 1. The lowest BCUT2D eigenvalue weighted by molar-refractivity contribution is 0.442. The number of halogens is 1. The quantitative estimate of drug-likeness (QED) is 0.800. The van der Waals surface area contributed by atoms with Crippen LogP contribution in [-0.2, 0) is 0 Å². The molecular weight excluding hydrogens is 221 g/mol. The predicted molar refractivity (Wildman–Crippen MR) is 64.7 cm³/mol. The minimum absolute atomic E-state index is 0.132. The summed E-state index contributed by atoms with van der Waals surface area (Å²) in [6.45, 7) is 0. The minimum atomic E-state index is -0.493. The Morgan fingerprint density at radius 3 is 2.82 bits per heavy atom. The number of hydrogen-bond acceptors (Lipinski definition) is 4. The third-order valence-corrected chi connectivity index (χ3v) is 2.17. The van der Waals surface area contributed by atoms with Crippen LogP contribution in [0.25, 0.3) is 0 Å². The Morgan fingerprint density at radius 2 is 2.12 bits per heavy atom. The van der Waals surface area contributed by atoms with E-state index in [9.17, 15) is 4.39 Å². The van der Waals surface area contributed by atoms with Crippen molar-refractivity contribution in [1.29, 1.82) is 0 Å². The molecule has 0 fully saturated rings. The predicted octanol–water partition coefficient (Wildman–Crippen LogP) is 2.64. The van der Waals surface area contributed by atoms with E-state index >= 15 is 0 Å². The zero-order valence-electron chi connectivity index (χ0n) is 9.27. The Morgan fingerprint density at radius 1 is 1.29 bits per heavy atom. The molecule has 1 aromatic heterocycles. The molecule has 0 bridgehead atoms. The number of pyridine rings is 1. The highest BCUT2D eigenvalue weighted by Crippen LogP contribution is 2.26. The molecule has 88 valence electrons. The summed E-state index contributed by atoms with van der Waals surface area (Å²) in [5, 5.41) is 2.87. The van der Waals surface area contributed by atoms with Crippen LogP contribution in [-0.4, -0.2) is 12.0 Å². The Labute approximate surface area is 98.2 Å². The third-order valence-electron chi connectivity index (χ3n) is 2.17. The molecule has 0 atom stereocenters. The maximum absolute atomic E-state index is 13.5. The van der Waals surface area contributed by atoms with Crippen molar-refractivity contribution in [3.05, 3.63) is 42.3 Å². The topological polar surface area (TPSA) is 60.2 Å². The molecule has 0 spiro atoms. The molecule has 0 aliphatic rings. The van der Waals surface area contributed by atoms with E-state index in [4.69, 9.17) is 10.5 Å². The van der Waals surface area contributed by atoms with E-state index in [1.807, 2.05) is 0 Å². The molecule has 2 aromatic rings. The number of anilines is 2. The van der Waals surface area contributed by atoms with Crippen molar-refractivity contribution in [1.82, 2.24) is 4.98 Å². The molecule has 2 rings (SSSR count). The second-order valence-electron chi connectivity index (χ2n) is 3.42. The maximum atomic E-state index is 13.5. The van der Waals surface area contributed by atoms with Gasteiger partial charge in [0.05, 0.1) is 0 Å². The van der Waals surface area contributed by atoms with Crippen molar-refractivity contribution >= 4 is 11.5 Å². The van der Waals surface area contributed by atoms with Crippen LogP contribution >= 0.6 is 0 Å². The van der Waals surface area contributed by atoms with E-state index in [2.05, 4.69) is 10.3 Å². The van der Waals surface area contributed by atoms with E-state index in [1.165, 1.54) is 12.1 Å². The van der Waals surface area contributed by atoms with Gasteiger partial charge in [-0.1, -0.05) is 0 Å². The molecule has 1 aromatic carbocycles. The van der Waals surface area contributed by atoms with Crippen LogP contribution < -0.4 is 15.8 Å². The van der Waals surface area contributed by atoms with Crippen LogP contribution in [0.2, 0.25) is 0 Å². The van der Waals surface area contributed by atoms with Gasteiger partial charge in [-0.2, -0.15) is 0 Å². The summed E-state index contributed by atoms with van der Waals surface area (Å²) in [5.41, 5.74) is 5.81. The summed E-state index contributed by atoms with van der Waals surface area (Å²) < 4.78 is 18.9.